The molecule has 2 aromatic heterocycles. The smallest absolute Gasteiger partial charge is 0.283 e. The lowest BCUT2D eigenvalue weighted by Gasteiger charge is -2.23. The highest BCUT2D eigenvalue weighted by Gasteiger charge is 2.38. The number of amides is 1. The van der Waals surface area contributed by atoms with Crippen LogP contribution in [0.15, 0.2) is 6.07 Å². The predicted molar refractivity (Wildman–Crippen MR) is 94.2 cm³/mol. The Morgan fingerprint density at radius 1 is 1.42 bits per heavy atom. The molecule has 0 bridgehead atoms. The van der Waals surface area contributed by atoms with Crippen molar-refractivity contribution in [3.8, 4) is 0 Å². The van der Waals surface area contributed by atoms with Gasteiger partial charge in [-0.25, -0.2) is 13.5 Å². The van der Waals surface area contributed by atoms with Gasteiger partial charge in [0.25, 0.3) is 12.3 Å². The van der Waals surface area contributed by atoms with Crippen molar-refractivity contribution in [1.29, 1.82) is 0 Å². The van der Waals surface area contributed by atoms with Gasteiger partial charge in [-0.1, -0.05) is 13.8 Å². The van der Waals surface area contributed by atoms with E-state index in [0.717, 1.165) is 28.2 Å². The van der Waals surface area contributed by atoms with Gasteiger partial charge in [0.15, 0.2) is 0 Å². The summed E-state index contributed by atoms with van der Waals surface area (Å²) in [7, 11) is 1.22. The number of nitrogens with zero attached hydrogens (tertiary/aromatic N) is 3. The first kappa shape index (κ1) is 18.9. The predicted octanol–water partition coefficient (Wildman–Crippen LogP) is 4.79. The van der Waals surface area contributed by atoms with Crippen LogP contribution in [0.2, 0.25) is 0 Å². The fourth-order valence-corrected chi connectivity index (χ4v) is 4.31. The number of carbonyl (C=O) groups excluding carboxylic acids is 1. The van der Waals surface area contributed by atoms with Crippen LogP contribution in [0.1, 0.15) is 70.4 Å². The lowest BCUT2D eigenvalue weighted by molar-refractivity contribution is 0.0713. The molecule has 8 heteroatoms. The Morgan fingerprint density at radius 3 is 2.62 bits per heavy atom. The average molecular weight is 385 g/mol. The van der Waals surface area contributed by atoms with Crippen molar-refractivity contribution in [1.82, 2.24) is 14.7 Å². The molecule has 0 N–H and O–H groups in total. The molecule has 1 fully saturated rings. The van der Waals surface area contributed by atoms with Crippen LogP contribution in [0.5, 0.6) is 0 Å². The monoisotopic (exact) mass is 385 g/mol. The minimum Gasteiger partial charge on any atom is -0.330 e. The van der Waals surface area contributed by atoms with Gasteiger partial charge in [0, 0.05) is 22.8 Å². The van der Waals surface area contributed by atoms with E-state index in [0.29, 0.717) is 11.2 Å². The first-order valence-electron chi connectivity index (χ1n) is 8.61. The molecule has 0 atom stereocenters. The SMILES string of the molecule is Cc1cc(C(C)C)c(CN(C(=O)c2c(C(F)F)nn(C)c2F)C2CC2)s1. The van der Waals surface area contributed by atoms with Gasteiger partial charge in [-0.05, 0) is 37.3 Å². The lowest BCUT2D eigenvalue weighted by Crippen LogP contribution is -2.33. The van der Waals surface area contributed by atoms with Crippen LogP contribution >= 0.6 is 11.3 Å². The van der Waals surface area contributed by atoms with Crippen LogP contribution in [-0.2, 0) is 13.6 Å². The van der Waals surface area contributed by atoms with Gasteiger partial charge < -0.3 is 4.90 Å². The molecule has 142 valence electrons. The number of carbonyl (C=O) groups is 1. The molecule has 0 saturated heterocycles. The molecule has 0 aliphatic heterocycles. The Balaban J connectivity index is 1.96. The minimum atomic E-state index is -3.00. The molecule has 0 radical (unpaired) electrons. The van der Waals surface area contributed by atoms with E-state index >= 15 is 0 Å². The number of hydrogen-bond donors (Lipinski definition) is 0. The number of alkyl halides is 2. The molecule has 0 spiro atoms. The molecular weight excluding hydrogens is 363 g/mol. The Kier molecular flexibility index (Phi) is 5.14. The topological polar surface area (TPSA) is 38.1 Å². The molecule has 2 aromatic rings. The summed E-state index contributed by atoms with van der Waals surface area (Å²) in [5.74, 6) is -1.42. The summed E-state index contributed by atoms with van der Waals surface area (Å²) in [5.41, 5.74) is -0.243. The third-order valence-electron chi connectivity index (χ3n) is 4.57. The quantitative estimate of drug-likeness (QED) is 0.717. The number of hydrogen-bond acceptors (Lipinski definition) is 3. The van der Waals surface area contributed by atoms with E-state index in [1.165, 1.54) is 11.9 Å². The lowest BCUT2D eigenvalue weighted by atomic mass is 10.0. The van der Waals surface area contributed by atoms with Gasteiger partial charge >= 0.3 is 0 Å². The zero-order valence-electron chi connectivity index (χ0n) is 15.2. The van der Waals surface area contributed by atoms with Gasteiger partial charge in [-0.15, -0.1) is 11.3 Å². The molecule has 3 rings (SSSR count). The van der Waals surface area contributed by atoms with Gasteiger partial charge in [0.1, 0.15) is 11.3 Å². The average Bonchev–Trinajstić information content (AvgIpc) is 3.26. The summed E-state index contributed by atoms with van der Waals surface area (Å²) in [4.78, 5) is 16.7. The summed E-state index contributed by atoms with van der Waals surface area (Å²) in [6.07, 6.45) is -1.39. The summed E-state index contributed by atoms with van der Waals surface area (Å²) in [5, 5.41) is 3.50. The van der Waals surface area contributed by atoms with Gasteiger partial charge in [0.05, 0.1) is 6.54 Å². The maximum atomic E-state index is 14.3. The normalized spacial score (nSPS) is 14.5. The maximum Gasteiger partial charge on any atom is 0.283 e. The van der Waals surface area contributed by atoms with E-state index in [9.17, 15) is 18.0 Å². The number of rotatable bonds is 6. The van der Waals surface area contributed by atoms with Crippen LogP contribution in [0.4, 0.5) is 13.2 Å². The highest BCUT2D eigenvalue weighted by atomic mass is 32.1. The van der Waals surface area contributed by atoms with Gasteiger partial charge in [0.2, 0.25) is 5.95 Å². The highest BCUT2D eigenvalue weighted by Crippen LogP contribution is 2.36. The largest absolute Gasteiger partial charge is 0.330 e. The molecule has 1 saturated carbocycles. The Bertz CT molecular complexity index is 824. The van der Waals surface area contributed by atoms with Crippen LogP contribution in [0, 0.1) is 12.9 Å². The number of thiophene rings is 1. The molecular formula is C18H22F3N3OS. The summed E-state index contributed by atoms with van der Waals surface area (Å²) in [6, 6.07) is 2.06. The maximum absolute atomic E-state index is 14.3. The van der Waals surface area contributed by atoms with Crippen LogP contribution < -0.4 is 0 Å². The second-order valence-corrected chi connectivity index (χ2v) is 8.37. The first-order chi connectivity index (χ1) is 12.2. The Hall–Kier alpha value is -1.83. The number of aromatic nitrogens is 2. The van der Waals surface area contributed by atoms with Crippen LogP contribution in [-0.4, -0.2) is 26.6 Å². The molecule has 0 unspecified atom stereocenters. The summed E-state index contributed by atoms with van der Waals surface area (Å²) < 4.78 is 41.6. The standard InChI is InChI=1S/C18H22F3N3OS/c1-9(2)12-7-10(3)26-13(12)8-24(11-5-6-11)18(25)14-15(16(19)20)22-23(4)17(14)21/h7,9,11,16H,5-6,8H2,1-4H3. The molecule has 2 heterocycles. The van der Waals surface area contributed by atoms with Gasteiger partial charge in [-0.2, -0.15) is 9.49 Å². The van der Waals surface area contributed by atoms with Crippen molar-refractivity contribution in [2.24, 2.45) is 7.05 Å². The second-order valence-electron chi connectivity index (χ2n) is 7.03. The molecule has 1 amide bonds. The van der Waals surface area contributed by atoms with E-state index in [1.54, 1.807) is 11.3 Å². The molecule has 4 nitrogen and oxygen atoms in total. The van der Waals surface area contributed by atoms with E-state index in [4.69, 9.17) is 0 Å². The minimum absolute atomic E-state index is 0.0324. The zero-order valence-corrected chi connectivity index (χ0v) is 16.0. The highest BCUT2D eigenvalue weighted by molar-refractivity contribution is 7.12. The van der Waals surface area contributed by atoms with Crippen molar-refractivity contribution in [3.63, 3.8) is 0 Å². The first-order valence-corrected chi connectivity index (χ1v) is 9.43. The van der Waals surface area contributed by atoms with E-state index in [-0.39, 0.29) is 12.0 Å². The fraction of sp³-hybridized carbons (Fsp3) is 0.556. The third kappa shape index (κ3) is 3.51. The van der Waals surface area contributed by atoms with Gasteiger partial charge in [-0.3, -0.25) is 4.79 Å². The van der Waals surface area contributed by atoms with E-state index in [2.05, 4.69) is 25.0 Å². The Morgan fingerprint density at radius 2 is 2.08 bits per heavy atom. The second kappa shape index (κ2) is 7.06. The van der Waals surface area contributed by atoms with Crippen molar-refractivity contribution in [2.75, 3.05) is 0 Å². The van der Waals surface area contributed by atoms with Crippen molar-refractivity contribution >= 4 is 17.2 Å². The van der Waals surface area contributed by atoms with E-state index in [1.807, 2.05) is 6.92 Å². The van der Waals surface area contributed by atoms with E-state index < -0.39 is 29.5 Å². The zero-order chi connectivity index (χ0) is 19.2. The van der Waals surface area contributed by atoms with Crippen molar-refractivity contribution < 1.29 is 18.0 Å². The van der Waals surface area contributed by atoms with Crippen LogP contribution in [0.25, 0.3) is 0 Å². The molecule has 1 aliphatic carbocycles. The fourth-order valence-electron chi connectivity index (χ4n) is 3.12. The molecule has 1 aliphatic rings. The molecule has 0 aromatic carbocycles. The molecule has 26 heavy (non-hydrogen) atoms. The summed E-state index contributed by atoms with van der Waals surface area (Å²) in [6.45, 7) is 6.46. The third-order valence-corrected chi connectivity index (χ3v) is 5.63. The van der Waals surface area contributed by atoms with Crippen LogP contribution in [0.3, 0.4) is 0 Å². The Labute approximate surface area is 154 Å². The number of aryl methyl sites for hydroxylation is 2. The van der Waals surface area contributed by atoms with Crippen molar-refractivity contribution in [2.45, 2.75) is 58.5 Å². The summed E-state index contributed by atoms with van der Waals surface area (Å²) >= 11 is 1.59. The van der Waals surface area contributed by atoms with Crippen molar-refractivity contribution in [3.05, 3.63) is 38.6 Å². The number of halogens is 3.